The van der Waals surface area contributed by atoms with E-state index < -0.39 is 24.1 Å². The molecule has 2 unspecified atom stereocenters. The molecule has 0 aliphatic heterocycles. The Bertz CT molecular complexity index is 455. The highest BCUT2D eigenvalue weighted by Gasteiger charge is 2.31. The van der Waals surface area contributed by atoms with Crippen LogP contribution in [-0.2, 0) is 23.8 Å². The van der Waals surface area contributed by atoms with Crippen molar-refractivity contribution in [2.45, 2.75) is 52.6 Å². The third kappa shape index (κ3) is 8.51. The highest BCUT2D eigenvalue weighted by atomic mass is 16.6. The number of methoxy groups -OCH3 is 1. The van der Waals surface area contributed by atoms with E-state index in [4.69, 9.17) is 14.2 Å². The highest BCUT2D eigenvalue weighted by Crippen LogP contribution is 2.09. The van der Waals surface area contributed by atoms with Gasteiger partial charge in [-0.2, -0.15) is 0 Å². The Hall–Kier alpha value is -1.83. The summed E-state index contributed by atoms with van der Waals surface area (Å²) < 4.78 is 15.0. The Labute approximate surface area is 156 Å². The van der Waals surface area contributed by atoms with E-state index in [1.807, 2.05) is 0 Å². The summed E-state index contributed by atoms with van der Waals surface area (Å²) in [6.07, 6.45) is 1.14. The molecule has 2 atom stereocenters. The molecule has 0 aromatic carbocycles. The van der Waals surface area contributed by atoms with E-state index in [1.54, 1.807) is 13.8 Å². The van der Waals surface area contributed by atoms with Crippen LogP contribution in [0.15, 0.2) is 0 Å². The fourth-order valence-electron chi connectivity index (χ4n) is 2.07. The smallest absolute Gasteiger partial charge is 0.410 e. The van der Waals surface area contributed by atoms with Crippen molar-refractivity contribution in [1.29, 1.82) is 0 Å². The maximum Gasteiger partial charge on any atom is 0.410 e. The third-order valence-corrected chi connectivity index (χ3v) is 4.18. The number of hydrogen-bond acceptors (Lipinski definition) is 6. The standard InChI is InChI=1S/C18H34N2O6/c1-13(2)9-8-10-25-17(22)15(4)19(5)16(21)14(3)20(6)18(23)26-12-11-24-7/h13-15H,8-12H2,1-7H3. The molecule has 2 amide bonds. The van der Waals surface area contributed by atoms with Gasteiger partial charge in [-0.15, -0.1) is 0 Å². The van der Waals surface area contributed by atoms with Gasteiger partial charge in [-0.05, 0) is 32.6 Å². The summed E-state index contributed by atoms with van der Waals surface area (Å²) in [6, 6.07) is -1.51. The maximum atomic E-state index is 12.5. The average molecular weight is 374 g/mol. The second kappa shape index (κ2) is 12.5. The van der Waals surface area contributed by atoms with Gasteiger partial charge in [0.25, 0.3) is 0 Å². The lowest BCUT2D eigenvalue weighted by atomic mass is 10.1. The molecule has 0 aliphatic carbocycles. The number of carbonyl (C=O) groups is 3. The van der Waals surface area contributed by atoms with Crippen LogP contribution >= 0.6 is 0 Å². The van der Waals surface area contributed by atoms with Crippen LogP contribution in [0, 0.1) is 5.92 Å². The van der Waals surface area contributed by atoms with Gasteiger partial charge in [0.1, 0.15) is 18.7 Å². The number of esters is 1. The van der Waals surface area contributed by atoms with Gasteiger partial charge in [-0.3, -0.25) is 9.69 Å². The van der Waals surface area contributed by atoms with Gasteiger partial charge in [-0.25, -0.2) is 9.59 Å². The Morgan fingerprint density at radius 1 is 0.846 bits per heavy atom. The molecule has 0 heterocycles. The van der Waals surface area contributed by atoms with Gasteiger partial charge < -0.3 is 19.1 Å². The zero-order valence-electron chi connectivity index (χ0n) is 17.1. The van der Waals surface area contributed by atoms with Crippen LogP contribution in [0.25, 0.3) is 0 Å². The second-order valence-corrected chi connectivity index (χ2v) is 6.72. The molecule has 0 radical (unpaired) electrons. The van der Waals surface area contributed by atoms with Gasteiger partial charge in [0, 0.05) is 21.2 Å². The van der Waals surface area contributed by atoms with Crippen molar-refractivity contribution in [3.8, 4) is 0 Å². The fraction of sp³-hybridized carbons (Fsp3) is 0.833. The molecule has 152 valence electrons. The van der Waals surface area contributed by atoms with Crippen LogP contribution < -0.4 is 0 Å². The Morgan fingerprint density at radius 2 is 1.46 bits per heavy atom. The quantitative estimate of drug-likeness (QED) is 0.406. The zero-order valence-corrected chi connectivity index (χ0v) is 17.1. The molecule has 8 nitrogen and oxygen atoms in total. The summed E-state index contributed by atoms with van der Waals surface area (Å²) in [4.78, 5) is 39.0. The monoisotopic (exact) mass is 374 g/mol. The van der Waals surface area contributed by atoms with Crippen molar-refractivity contribution in [2.75, 3.05) is 41.0 Å². The van der Waals surface area contributed by atoms with E-state index in [0.717, 1.165) is 12.8 Å². The SMILES string of the molecule is COCCOC(=O)N(C)C(C)C(=O)N(C)C(C)C(=O)OCCCC(C)C. The van der Waals surface area contributed by atoms with Crippen molar-refractivity contribution < 1.29 is 28.6 Å². The normalized spacial score (nSPS) is 13.1. The second-order valence-electron chi connectivity index (χ2n) is 6.72. The van der Waals surface area contributed by atoms with Crippen molar-refractivity contribution in [1.82, 2.24) is 9.80 Å². The number of rotatable bonds is 11. The molecule has 0 aromatic rings. The van der Waals surface area contributed by atoms with E-state index in [0.29, 0.717) is 12.5 Å². The fourth-order valence-corrected chi connectivity index (χ4v) is 2.07. The van der Waals surface area contributed by atoms with Gasteiger partial charge in [0.2, 0.25) is 5.91 Å². The minimum absolute atomic E-state index is 0.107. The van der Waals surface area contributed by atoms with Crippen molar-refractivity contribution in [3.63, 3.8) is 0 Å². The lowest BCUT2D eigenvalue weighted by molar-refractivity contribution is -0.154. The summed E-state index contributed by atoms with van der Waals surface area (Å²) in [5.41, 5.74) is 0. The Kier molecular flexibility index (Phi) is 11.6. The predicted octanol–water partition coefficient (Wildman–Crippen LogP) is 1.92. The summed E-state index contributed by atoms with van der Waals surface area (Å²) in [7, 11) is 4.49. The molecule has 0 saturated carbocycles. The number of ether oxygens (including phenoxy) is 3. The lowest BCUT2D eigenvalue weighted by Crippen LogP contribution is -2.51. The van der Waals surface area contributed by atoms with Crippen molar-refractivity contribution >= 4 is 18.0 Å². The predicted molar refractivity (Wildman–Crippen MR) is 97.7 cm³/mol. The van der Waals surface area contributed by atoms with E-state index >= 15 is 0 Å². The van der Waals surface area contributed by atoms with Crippen molar-refractivity contribution in [2.24, 2.45) is 5.92 Å². The maximum absolute atomic E-state index is 12.5. The van der Waals surface area contributed by atoms with Crippen LogP contribution in [-0.4, -0.2) is 80.9 Å². The summed E-state index contributed by atoms with van der Waals surface area (Å²) in [6.45, 7) is 8.12. The van der Waals surface area contributed by atoms with Gasteiger partial charge in [0.15, 0.2) is 0 Å². The van der Waals surface area contributed by atoms with Crippen LogP contribution in [0.1, 0.15) is 40.5 Å². The molecule has 26 heavy (non-hydrogen) atoms. The minimum atomic E-state index is -0.772. The lowest BCUT2D eigenvalue weighted by Gasteiger charge is -2.30. The molecule has 0 aliphatic rings. The Morgan fingerprint density at radius 3 is 2.00 bits per heavy atom. The van der Waals surface area contributed by atoms with E-state index in [9.17, 15) is 14.4 Å². The molecular weight excluding hydrogens is 340 g/mol. The van der Waals surface area contributed by atoms with Crippen LogP contribution in [0.3, 0.4) is 0 Å². The zero-order chi connectivity index (χ0) is 20.3. The first kappa shape index (κ1) is 24.2. The van der Waals surface area contributed by atoms with E-state index in [1.165, 1.54) is 31.0 Å². The van der Waals surface area contributed by atoms with E-state index in [-0.39, 0.29) is 19.1 Å². The molecule has 0 rings (SSSR count). The summed E-state index contributed by atoms with van der Waals surface area (Å²) in [5.74, 6) is -0.277. The van der Waals surface area contributed by atoms with Gasteiger partial charge >= 0.3 is 12.1 Å². The third-order valence-electron chi connectivity index (χ3n) is 4.18. The molecule has 0 N–H and O–H groups in total. The molecule has 8 heteroatoms. The first-order valence-corrected chi connectivity index (χ1v) is 8.95. The minimum Gasteiger partial charge on any atom is -0.464 e. The van der Waals surface area contributed by atoms with Crippen LogP contribution in [0.4, 0.5) is 4.79 Å². The summed E-state index contributed by atoms with van der Waals surface area (Å²) >= 11 is 0. The van der Waals surface area contributed by atoms with E-state index in [2.05, 4.69) is 13.8 Å². The number of amides is 2. The molecule has 0 aromatic heterocycles. The van der Waals surface area contributed by atoms with Crippen LogP contribution in [0.2, 0.25) is 0 Å². The number of hydrogen-bond donors (Lipinski definition) is 0. The Balaban J connectivity index is 4.51. The molecular formula is C18H34N2O6. The largest absolute Gasteiger partial charge is 0.464 e. The summed E-state index contributed by atoms with van der Waals surface area (Å²) in [5, 5.41) is 0. The number of carbonyl (C=O) groups excluding carboxylic acids is 3. The van der Waals surface area contributed by atoms with Gasteiger partial charge in [0.05, 0.1) is 13.2 Å². The number of likely N-dealkylation sites (N-methyl/N-ethyl adjacent to an activating group) is 2. The molecule has 0 spiro atoms. The first-order chi connectivity index (χ1) is 12.1. The van der Waals surface area contributed by atoms with Gasteiger partial charge in [-0.1, -0.05) is 13.8 Å². The highest BCUT2D eigenvalue weighted by molar-refractivity contribution is 5.89. The van der Waals surface area contributed by atoms with Crippen molar-refractivity contribution in [3.05, 3.63) is 0 Å². The number of nitrogens with zero attached hydrogens (tertiary/aromatic N) is 2. The molecule has 0 bridgehead atoms. The molecule has 0 saturated heterocycles. The average Bonchev–Trinajstić information content (AvgIpc) is 2.61. The first-order valence-electron chi connectivity index (χ1n) is 8.95. The molecule has 0 fully saturated rings. The van der Waals surface area contributed by atoms with Crippen LogP contribution in [0.5, 0.6) is 0 Å². The topological polar surface area (TPSA) is 85.4 Å².